The Bertz CT molecular complexity index is 325. The number of fused-ring (bicyclic) bond motifs is 1. The molecule has 14 heavy (non-hydrogen) atoms. The zero-order valence-electron chi connectivity index (χ0n) is 8.31. The minimum atomic E-state index is 0.717. The molecule has 1 atom stereocenters. The molecular weight excluding hydrogens is 240 g/mol. The molecule has 1 aliphatic heterocycles. The Balaban J connectivity index is 2.25. The summed E-state index contributed by atoms with van der Waals surface area (Å²) in [6, 6.07) is 6.24. The van der Waals surface area contributed by atoms with Crippen molar-refractivity contribution in [3.63, 3.8) is 0 Å². The summed E-state index contributed by atoms with van der Waals surface area (Å²) in [7, 11) is 0. The summed E-state index contributed by atoms with van der Waals surface area (Å²) >= 11 is 3.56. The number of rotatable bonds is 1. The van der Waals surface area contributed by atoms with Crippen molar-refractivity contribution in [3.8, 4) is 0 Å². The third-order valence-corrected chi connectivity index (χ3v) is 3.40. The van der Waals surface area contributed by atoms with Gasteiger partial charge in [0.05, 0.1) is 11.4 Å². The van der Waals surface area contributed by atoms with E-state index in [1.807, 2.05) is 0 Å². The highest BCUT2D eigenvalue weighted by Gasteiger charge is 2.14. The maximum absolute atomic E-state index is 3.56. The molecule has 0 amide bonds. The molecule has 1 aromatic carbocycles. The summed E-state index contributed by atoms with van der Waals surface area (Å²) in [6.45, 7) is 4.35. The number of halogens is 1. The smallest absolute Gasteiger partial charge is 0.0720 e. The van der Waals surface area contributed by atoms with Gasteiger partial charge in [0, 0.05) is 17.6 Å². The lowest BCUT2D eigenvalue weighted by atomic mass is 10.1. The first-order valence-electron chi connectivity index (χ1n) is 5.07. The Labute approximate surface area is 93.2 Å². The first kappa shape index (κ1) is 9.84. The molecule has 1 aliphatic rings. The third kappa shape index (κ3) is 1.87. The van der Waals surface area contributed by atoms with E-state index in [1.54, 1.807) is 0 Å². The third-order valence-electron chi connectivity index (χ3n) is 2.74. The predicted molar refractivity (Wildman–Crippen MR) is 64.9 cm³/mol. The largest absolute Gasteiger partial charge is 0.383 e. The van der Waals surface area contributed by atoms with Crippen LogP contribution in [0.5, 0.6) is 0 Å². The molecule has 0 fully saturated rings. The van der Waals surface area contributed by atoms with Gasteiger partial charge in [0.15, 0.2) is 0 Å². The van der Waals surface area contributed by atoms with Crippen LogP contribution in [0.25, 0.3) is 0 Å². The minimum Gasteiger partial charge on any atom is -0.383 e. The predicted octanol–water partition coefficient (Wildman–Crippen LogP) is 3.31. The highest BCUT2D eigenvalue weighted by atomic mass is 79.9. The monoisotopic (exact) mass is 254 g/mol. The normalized spacial score (nSPS) is 20.3. The summed E-state index contributed by atoms with van der Waals surface area (Å²) < 4.78 is 1.14. The van der Waals surface area contributed by atoms with Crippen molar-refractivity contribution in [1.82, 2.24) is 0 Å². The zero-order valence-corrected chi connectivity index (χ0v) is 9.89. The Morgan fingerprint density at radius 2 is 2.14 bits per heavy atom. The van der Waals surface area contributed by atoms with E-state index in [0.717, 1.165) is 17.6 Å². The SMILES string of the molecule is CCC1CNc2cccc(Br)c2NC1. The van der Waals surface area contributed by atoms with E-state index < -0.39 is 0 Å². The summed E-state index contributed by atoms with van der Waals surface area (Å²) in [5.74, 6) is 0.717. The minimum absolute atomic E-state index is 0.717. The fraction of sp³-hybridized carbons (Fsp3) is 0.455. The van der Waals surface area contributed by atoms with Crippen LogP contribution < -0.4 is 10.6 Å². The van der Waals surface area contributed by atoms with Gasteiger partial charge < -0.3 is 10.6 Å². The number of benzene rings is 1. The van der Waals surface area contributed by atoms with Crippen molar-refractivity contribution >= 4 is 27.3 Å². The van der Waals surface area contributed by atoms with E-state index in [1.165, 1.54) is 17.8 Å². The summed E-state index contributed by atoms with van der Waals surface area (Å²) in [6.07, 6.45) is 1.21. The number of nitrogens with one attached hydrogen (secondary N) is 2. The quantitative estimate of drug-likeness (QED) is 0.804. The molecule has 0 radical (unpaired) electrons. The highest BCUT2D eigenvalue weighted by molar-refractivity contribution is 9.10. The second-order valence-corrected chi connectivity index (χ2v) is 4.55. The molecular formula is C11H15BrN2. The van der Waals surface area contributed by atoms with E-state index in [9.17, 15) is 0 Å². The van der Waals surface area contributed by atoms with Crippen LogP contribution in [-0.4, -0.2) is 13.1 Å². The maximum Gasteiger partial charge on any atom is 0.0720 e. The Morgan fingerprint density at radius 1 is 1.36 bits per heavy atom. The van der Waals surface area contributed by atoms with Crippen molar-refractivity contribution in [2.45, 2.75) is 13.3 Å². The van der Waals surface area contributed by atoms with Gasteiger partial charge in [-0.2, -0.15) is 0 Å². The van der Waals surface area contributed by atoms with Crippen molar-refractivity contribution in [1.29, 1.82) is 0 Å². The maximum atomic E-state index is 3.56. The molecule has 0 aliphatic carbocycles. The lowest BCUT2D eigenvalue weighted by Crippen LogP contribution is -2.17. The van der Waals surface area contributed by atoms with E-state index in [0.29, 0.717) is 5.92 Å². The van der Waals surface area contributed by atoms with Crippen LogP contribution in [0.2, 0.25) is 0 Å². The summed E-state index contributed by atoms with van der Waals surface area (Å²) in [5, 5.41) is 6.96. The van der Waals surface area contributed by atoms with Gasteiger partial charge in [-0.1, -0.05) is 13.0 Å². The van der Waals surface area contributed by atoms with E-state index in [2.05, 4.69) is 51.7 Å². The molecule has 1 unspecified atom stereocenters. The van der Waals surface area contributed by atoms with Gasteiger partial charge in [0.2, 0.25) is 0 Å². The first-order valence-corrected chi connectivity index (χ1v) is 5.86. The molecule has 1 heterocycles. The van der Waals surface area contributed by atoms with Gasteiger partial charge in [0.1, 0.15) is 0 Å². The number of anilines is 2. The van der Waals surface area contributed by atoms with E-state index in [4.69, 9.17) is 0 Å². The molecule has 1 aromatic rings. The molecule has 0 aromatic heterocycles. The van der Waals surface area contributed by atoms with Crippen LogP contribution in [0.15, 0.2) is 22.7 Å². The van der Waals surface area contributed by atoms with E-state index in [-0.39, 0.29) is 0 Å². The second-order valence-electron chi connectivity index (χ2n) is 3.70. The van der Waals surface area contributed by atoms with Gasteiger partial charge in [-0.25, -0.2) is 0 Å². The number of para-hydroxylation sites is 1. The Morgan fingerprint density at radius 3 is 2.93 bits per heavy atom. The van der Waals surface area contributed by atoms with Crippen molar-refractivity contribution in [2.75, 3.05) is 23.7 Å². The lowest BCUT2D eigenvalue weighted by molar-refractivity contribution is 0.570. The van der Waals surface area contributed by atoms with Crippen LogP contribution in [0, 0.1) is 5.92 Å². The van der Waals surface area contributed by atoms with Crippen LogP contribution >= 0.6 is 15.9 Å². The molecule has 0 saturated heterocycles. The summed E-state index contributed by atoms with van der Waals surface area (Å²) in [4.78, 5) is 0. The molecule has 76 valence electrons. The van der Waals surface area contributed by atoms with Crippen LogP contribution in [0.1, 0.15) is 13.3 Å². The Hall–Kier alpha value is -0.700. The van der Waals surface area contributed by atoms with Gasteiger partial charge in [0.25, 0.3) is 0 Å². The zero-order chi connectivity index (χ0) is 9.97. The lowest BCUT2D eigenvalue weighted by Gasteiger charge is -2.10. The molecule has 2 N–H and O–H groups in total. The molecule has 3 heteroatoms. The topological polar surface area (TPSA) is 24.1 Å². The average Bonchev–Trinajstić information content (AvgIpc) is 2.41. The highest BCUT2D eigenvalue weighted by Crippen LogP contribution is 2.32. The van der Waals surface area contributed by atoms with Crippen LogP contribution in [0.3, 0.4) is 0 Å². The fourth-order valence-electron chi connectivity index (χ4n) is 1.71. The average molecular weight is 255 g/mol. The van der Waals surface area contributed by atoms with Crippen LogP contribution in [0.4, 0.5) is 11.4 Å². The number of hydrogen-bond donors (Lipinski definition) is 2. The molecule has 0 bridgehead atoms. The molecule has 2 nitrogen and oxygen atoms in total. The first-order chi connectivity index (χ1) is 6.81. The van der Waals surface area contributed by atoms with Gasteiger partial charge in [-0.3, -0.25) is 0 Å². The summed E-state index contributed by atoms with van der Waals surface area (Å²) in [5.41, 5.74) is 2.40. The molecule has 2 rings (SSSR count). The van der Waals surface area contributed by atoms with Crippen LogP contribution in [-0.2, 0) is 0 Å². The second kappa shape index (κ2) is 4.22. The number of hydrogen-bond acceptors (Lipinski definition) is 2. The Kier molecular flexibility index (Phi) is 2.96. The van der Waals surface area contributed by atoms with Gasteiger partial charge in [-0.05, 0) is 40.4 Å². The fourth-order valence-corrected chi connectivity index (χ4v) is 2.22. The standard InChI is InChI=1S/C11H15BrN2/c1-2-8-6-13-10-5-3-4-9(12)11(10)14-7-8/h3-5,8,13-14H,2,6-7H2,1H3. The van der Waals surface area contributed by atoms with Gasteiger partial charge in [-0.15, -0.1) is 0 Å². The van der Waals surface area contributed by atoms with Crippen molar-refractivity contribution in [3.05, 3.63) is 22.7 Å². The van der Waals surface area contributed by atoms with E-state index >= 15 is 0 Å². The van der Waals surface area contributed by atoms with Crippen molar-refractivity contribution < 1.29 is 0 Å². The molecule has 0 saturated carbocycles. The van der Waals surface area contributed by atoms with Crippen molar-refractivity contribution in [2.24, 2.45) is 5.92 Å². The molecule has 0 spiro atoms. The van der Waals surface area contributed by atoms with Gasteiger partial charge >= 0.3 is 0 Å².